The van der Waals surface area contributed by atoms with Crippen molar-refractivity contribution in [2.75, 3.05) is 0 Å². The van der Waals surface area contributed by atoms with Crippen LogP contribution in [0.3, 0.4) is 0 Å². The van der Waals surface area contributed by atoms with E-state index in [0.29, 0.717) is 5.56 Å². The molecule has 1 aromatic heterocycles. The minimum atomic E-state index is 0.0579. The molecule has 0 aliphatic rings. The molecule has 0 saturated heterocycles. The van der Waals surface area contributed by atoms with Gasteiger partial charge < -0.3 is 0 Å². The molecule has 82 valence electrons. The molecule has 1 heterocycles. The summed E-state index contributed by atoms with van der Waals surface area (Å²) in [4.78, 5) is 12.9. The molecule has 0 aliphatic heterocycles. The second kappa shape index (κ2) is 4.82. The van der Waals surface area contributed by atoms with Crippen molar-refractivity contribution in [3.8, 4) is 0 Å². The number of aryl methyl sites for hydroxylation is 1. The lowest BCUT2D eigenvalue weighted by molar-refractivity contribution is 0.104. The number of benzene rings is 1. The smallest absolute Gasteiger partial charge is 0.204 e. The van der Waals surface area contributed by atoms with Gasteiger partial charge in [0.1, 0.15) is 0 Å². The van der Waals surface area contributed by atoms with Crippen molar-refractivity contribution < 1.29 is 4.79 Å². The van der Waals surface area contributed by atoms with Gasteiger partial charge in [-0.25, -0.2) is 0 Å². The van der Waals surface area contributed by atoms with Crippen molar-refractivity contribution in [1.29, 1.82) is 0 Å². The van der Waals surface area contributed by atoms with Crippen LogP contribution in [-0.2, 0) is 0 Å². The first-order valence-corrected chi connectivity index (χ1v) is 7.10. The predicted octanol–water partition coefficient (Wildman–Crippen LogP) is 4.81. The molecule has 1 aromatic carbocycles. The molecule has 4 heteroatoms. The van der Waals surface area contributed by atoms with Gasteiger partial charge in [0.05, 0.1) is 4.88 Å². The maximum Gasteiger partial charge on any atom is 0.204 e. The summed E-state index contributed by atoms with van der Waals surface area (Å²) < 4.78 is 1.82. The Kier molecular flexibility index (Phi) is 3.62. The highest BCUT2D eigenvalue weighted by Gasteiger charge is 2.14. The Morgan fingerprint density at radius 1 is 1.19 bits per heavy atom. The Morgan fingerprint density at radius 2 is 1.94 bits per heavy atom. The fraction of sp³-hybridized carbons (Fsp3) is 0.0833. The average Bonchev–Trinajstić information content (AvgIpc) is 2.67. The van der Waals surface area contributed by atoms with Crippen LogP contribution < -0.4 is 0 Å². The van der Waals surface area contributed by atoms with Crippen LogP contribution in [0.2, 0.25) is 0 Å². The van der Waals surface area contributed by atoms with E-state index in [9.17, 15) is 4.79 Å². The summed E-state index contributed by atoms with van der Waals surface area (Å²) in [6.07, 6.45) is 0. The van der Waals surface area contributed by atoms with Crippen molar-refractivity contribution in [2.45, 2.75) is 6.92 Å². The second-order valence-corrected chi connectivity index (χ2v) is 6.02. The molecule has 0 fully saturated rings. The van der Waals surface area contributed by atoms with Gasteiger partial charge in [-0.2, -0.15) is 0 Å². The molecule has 0 saturated carbocycles. The molecule has 0 aliphatic carbocycles. The maximum absolute atomic E-state index is 12.2. The van der Waals surface area contributed by atoms with Gasteiger partial charge in [0.15, 0.2) is 0 Å². The molecule has 1 nitrogen and oxygen atoms in total. The van der Waals surface area contributed by atoms with Gasteiger partial charge in [0.25, 0.3) is 0 Å². The average molecular weight is 360 g/mol. The van der Waals surface area contributed by atoms with Crippen LogP contribution in [-0.4, -0.2) is 5.78 Å². The van der Waals surface area contributed by atoms with Gasteiger partial charge in [0.2, 0.25) is 5.78 Å². The van der Waals surface area contributed by atoms with Gasteiger partial charge >= 0.3 is 0 Å². The van der Waals surface area contributed by atoms with E-state index in [2.05, 4.69) is 31.9 Å². The van der Waals surface area contributed by atoms with Crippen LogP contribution in [0.5, 0.6) is 0 Å². The summed E-state index contributed by atoms with van der Waals surface area (Å²) in [6.45, 7) is 2.00. The van der Waals surface area contributed by atoms with Gasteiger partial charge in [-0.05, 0) is 45.9 Å². The Balaban J connectivity index is 2.42. The summed E-state index contributed by atoms with van der Waals surface area (Å²) in [5.74, 6) is 0.0579. The van der Waals surface area contributed by atoms with E-state index in [1.807, 2.05) is 36.6 Å². The number of hydrogen-bond acceptors (Lipinski definition) is 2. The number of carbonyl (C=O) groups excluding carboxylic acids is 1. The highest BCUT2D eigenvalue weighted by molar-refractivity contribution is 9.10. The molecule has 0 atom stereocenters. The normalized spacial score (nSPS) is 10.4. The molecule has 0 amide bonds. The van der Waals surface area contributed by atoms with Crippen LogP contribution in [0.25, 0.3) is 0 Å². The van der Waals surface area contributed by atoms with E-state index in [-0.39, 0.29) is 5.78 Å². The first-order valence-electron chi connectivity index (χ1n) is 4.63. The Hall–Kier alpha value is -0.450. The third kappa shape index (κ3) is 2.29. The lowest BCUT2D eigenvalue weighted by atomic mass is 10.1. The monoisotopic (exact) mass is 358 g/mol. The zero-order valence-electron chi connectivity index (χ0n) is 8.46. The Labute approximate surface area is 115 Å². The van der Waals surface area contributed by atoms with Gasteiger partial charge in [0, 0.05) is 14.5 Å². The fourth-order valence-corrected chi connectivity index (χ4v) is 3.21. The van der Waals surface area contributed by atoms with Crippen LogP contribution in [0, 0.1) is 6.92 Å². The van der Waals surface area contributed by atoms with Crippen molar-refractivity contribution in [3.63, 3.8) is 0 Å². The zero-order chi connectivity index (χ0) is 11.7. The molecule has 0 radical (unpaired) electrons. The lowest BCUT2D eigenvalue weighted by Gasteiger charge is -2.02. The quantitative estimate of drug-likeness (QED) is 0.703. The first-order chi connectivity index (χ1) is 7.59. The fourth-order valence-electron chi connectivity index (χ4n) is 1.32. The number of carbonyl (C=O) groups is 1. The van der Waals surface area contributed by atoms with Crippen molar-refractivity contribution in [1.82, 2.24) is 0 Å². The minimum Gasteiger partial charge on any atom is -0.288 e. The molecule has 16 heavy (non-hydrogen) atoms. The van der Waals surface area contributed by atoms with Gasteiger partial charge in [-0.15, -0.1) is 11.3 Å². The SMILES string of the molecule is Cc1ccc(C(=O)c2sccc2Br)cc1Br. The highest BCUT2D eigenvalue weighted by atomic mass is 79.9. The van der Waals surface area contributed by atoms with E-state index < -0.39 is 0 Å². The van der Waals surface area contributed by atoms with E-state index in [4.69, 9.17) is 0 Å². The minimum absolute atomic E-state index is 0.0579. The molecular formula is C12H8Br2OS. The summed E-state index contributed by atoms with van der Waals surface area (Å²) in [5, 5.41) is 1.90. The first kappa shape index (κ1) is 12.0. The van der Waals surface area contributed by atoms with E-state index in [0.717, 1.165) is 19.4 Å². The van der Waals surface area contributed by atoms with Crippen LogP contribution in [0.4, 0.5) is 0 Å². The summed E-state index contributed by atoms with van der Waals surface area (Å²) >= 11 is 8.26. The molecule has 0 spiro atoms. The Bertz CT molecular complexity index is 546. The topological polar surface area (TPSA) is 17.1 Å². The summed E-state index contributed by atoms with van der Waals surface area (Å²) in [6, 6.07) is 7.55. The molecular weight excluding hydrogens is 352 g/mol. The standard InChI is InChI=1S/C12H8Br2OS/c1-7-2-3-8(6-10(7)14)11(15)12-9(13)4-5-16-12/h2-6H,1H3. The predicted molar refractivity (Wildman–Crippen MR) is 74.3 cm³/mol. The number of rotatable bonds is 2. The number of thiophene rings is 1. The second-order valence-electron chi connectivity index (χ2n) is 3.39. The Morgan fingerprint density at radius 3 is 2.50 bits per heavy atom. The molecule has 0 bridgehead atoms. The molecule has 2 rings (SSSR count). The van der Waals surface area contributed by atoms with Gasteiger partial charge in [-0.3, -0.25) is 4.79 Å². The van der Waals surface area contributed by atoms with Crippen LogP contribution >= 0.6 is 43.2 Å². The van der Waals surface area contributed by atoms with Crippen LogP contribution in [0.1, 0.15) is 20.8 Å². The van der Waals surface area contributed by atoms with Crippen LogP contribution in [0.15, 0.2) is 38.6 Å². The van der Waals surface area contributed by atoms with Crippen molar-refractivity contribution >= 4 is 49.0 Å². The number of halogens is 2. The third-order valence-corrected chi connectivity index (χ3v) is 4.95. The third-order valence-electron chi connectivity index (χ3n) is 2.26. The number of ketones is 1. The molecule has 2 aromatic rings. The number of hydrogen-bond donors (Lipinski definition) is 0. The van der Waals surface area contributed by atoms with E-state index in [1.165, 1.54) is 11.3 Å². The highest BCUT2D eigenvalue weighted by Crippen LogP contribution is 2.27. The largest absolute Gasteiger partial charge is 0.288 e. The summed E-state index contributed by atoms with van der Waals surface area (Å²) in [5.41, 5.74) is 1.84. The maximum atomic E-state index is 12.2. The van der Waals surface area contributed by atoms with Crippen molar-refractivity contribution in [3.05, 3.63) is 54.6 Å². The van der Waals surface area contributed by atoms with E-state index in [1.54, 1.807) is 0 Å². The summed E-state index contributed by atoms with van der Waals surface area (Å²) in [7, 11) is 0. The molecule has 0 N–H and O–H groups in total. The van der Waals surface area contributed by atoms with Crippen molar-refractivity contribution in [2.24, 2.45) is 0 Å². The zero-order valence-corrected chi connectivity index (χ0v) is 12.4. The lowest BCUT2D eigenvalue weighted by Crippen LogP contribution is -1.99. The van der Waals surface area contributed by atoms with Gasteiger partial charge in [-0.1, -0.05) is 28.1 Å². The molecule has 0 unspecified atom stereocenters. The van der Waals surface area contributed by atoms with E-state index >= 15 is 0 Å².